The summed E-state index contributed by atoms with van der Waals surface area (Å²) >= 11 is 0. The van der Waals surface area contributed by atoms with Crippen molar-refractivity contribution in [2.24, 2.45) is 0 Å². The molecule has 0 aliphatic carbocycles. The minimum Gasteiger partial charge on any atom is -0.462 e. The van der Waals surface area contributed by atoms with Gasteiger partial charge in [-0.3, -0.25) is 14.4 Å². The number of carbonyl (C=O) groups is 3. The molecule has 0 saturated carbocycles. The van der Waals surface area contributed by atoms with Crippen LogP contribution in [0.5, 0.6) is 0 Å². The van der Waals surface area contributed by atoms with Crippen LogP contribution in [0.2, 0.25) is 0 Å². The van der Waals surface area contributed by atoms with E-state index in [0.29, 0.717) is 19.3 Å². The van der Waals surface area contributed by atoms with Crippen molar-refractivity contribution in [2.45, 2.75) is 406 Å². The third kappa shape index (κ3) is 66.4. The van der Waals surface area contributed by atoms with E-state index in [9.17, 15) is 14.4 Å². The summed E-state index contributed by atoms with van der Waals surface area (Å²) in [5.41, 5.74) is 0. The van der Waals surface area contributed by atoms with E-state index >= 15 is 0 Å². The number of ether oxygens (including phenoxy) is 3. The number of allylic oxidation sites excluding steroid dienone is 6. The number of carbonyl (C=O) groups excluding carboxylic acids is 3. The molecule has 0 radical (unpaired) electrons. The van der Waals surface area contributed by atoms with Gasteiger partial charge in [-0.05, 0) is 57.8 Å². The largest absolute Gasteiger partial charge is 0.462 e. The van der Waals surface area contributed by atoms with E-state index in [1.54, 1.807) is 0 Å². The van der Waals surface area contributed by atoms with Gasteiger partial charge in [-0.15, -0.1) is 0 Å². The third-order valence-corrected chi connectivity index (χ3v) is 16.4. The fourth-order valence-corrected chi connectivity index (χ4v) is 11.0. The van der Waals surface area contributed by atoms with Gasteiger partial charge in [-0.2, -0.15) is 0 Å². The van der Waals surface area contributed by atoms with Crippen LogP contribution in [0.4, 0.5) is 0 Å². The molecule has 1 atom stereocenters. The van der Waals surface area contributed by atoms with Crippen molar-refractivity contribution in [3.8, 4) is 0 Å². The molecular weight excluding hydrogens is 985 g/mol. The van der Waals surface area contributed by atoms with Gasteiger partial charge in [0, 0.05) is 19.3 Å². The Balaban J connectivity index is 3.92. The summed E-state index contributed by atoms with van der Waals surface area (Å²) in [6.07, 6.45) is 86.7. The number of rotatable bonds is 67. The first-order valence-electron chi connectivity index (χ1n) is 36.0. The molecule has 0 saturated heterocycles. The minimum absolute atomic E-state index is 0.0676. The van der Waals surface area contributed by atoms with Crippen molar-refractivity contribution < 1.29 is 28.6 Å². The molecule has 6 nitrogen and oxygen atoms in total. The summed E-state index contributed by atoms with van der Waals surface area (Å²) in [6.45, 7) is 6.62. The first kappa shape index (κ1) is 77.6. The highest BCUT2D eigenvalue weighted by Gasteiger charge is 2.19. The lowest BCUT2D eigenvalue weighted by Crippen LogP contribution is -2.30. The highest BCUT2D eigenvalue weighted by molar-refractivity contribution is 5.71. The maximum atomic E-state index is 12.9. The Bertz CT molecular complexity index is 1340. The van der Waals surface area contributed by atoms with Crippen molar-refractivity contribution in [1.82, 2.24) is 0 Å². The van der Waals surface area contributed by atoms with Gasteiger partial charge in [-0.25, -0.2) is 0 Å². The average molecular weight is 1120 g/mol. The zero-order valence-electron chi connectivity index (χ0n) is 54.1. The molecule has 0 N–H and O–H groups in total. The monoisotopic (exact) mass is 1120 g/mol. The van der Waals surface area contributed by atoms with E-state index in [1.807, 2.05) is 0 Å². The Morgan fingerprint density at radius 1 is 0.250 bits per heavy atom. The standard InChI is InChI=1S/C74H138O6/c1-4-7-10-13-15-17-19-21-23-25-27-29-31-33-35-37-39-40-42-44-46-48-50-52-54-56-58-61-64-67-73(76)79-70-71(69-78-72(75)66-63-60-12-9-6-3)80-74(77)68-65-62-59-57-55-53-51-49-47-45-43-41-38-36-34-32-30-28-26-24-22-20-18-16-14-11-8-5-2/h19,21,25,27,31,33,71H,4-18,20,22-24,26,28-30,32,34-70H2,1-3H3/b21-19-,27-25-,33-31-. The Kier molecular flexibility index (Phi) is 67.1. The van der Waals surface area contributed by atoms with E-state index < -0.39 is 6.10 Å². The zero-order chi connectivity index (χ0) is 57.8. The molecule has 0 aromatic rings. The second-order valence-corrected chi connectivity index (χ2v) is 24.5. The summed E-state index contributed by atoms with van der Waals surface area (Å²) < 4.78 is 16.8. The summed E-state index contributed by atoms with van der Waals surface area (Å²) in [4.78, 5) is 38.0. The van der Waals surface area contributed by atoms with Crippen LogP contribution < -0.4 is 0 Å². The molecule has 0 spiro atoms. The highest BCUT2D eigenvalue weighted by atomic mass is 16.6. The zero-order valence-corrected chi connectivity index (χ0v) is 54.1. The van der Waals surface area contributed by atoms with E-state index in [-0.39, 0.29) is 31.1 Å². The van der Waals surface area contributed by atoms with E-state index in [1.165, 1.54) is 283 Å². The molecule has 0 aromatic carbocycles. The molecule has 0 fully saturated rings. The summed E-state index contributed by atoms with van der Waals surface area (Å²) in [6, 6.07) is 0. The average Bonchev–Trinajstić information content (AvgIpc) is 3.46. The van der Waals surface area contributed by atoms with Crippen LogP contribution in [0.25, 0.3) is 0 Å². The number of hydrogen-bond acceptors (Lipinski definition) is 6. The number of unbranched alkanes of at least 4 members (excludes halogenated alkanes) is 50. The second kappa shape index (κ2) is 69.1. The van der Waals surface area contributed by atoms with Gasteiger partial charge in [-0.1, -0.05) is 359 Å². The fourth-order valence-electron chi connectivity index (χ4n) is 11.0. The van der Waals surface area contributed by atoms with E-state index in [0.717, 1.165) is 77.0 Å². The van der Waals surface area contributed by atoms with Crippen LogP contribution in [0, 0.1) is 0 Å². The highest BCUT2D eigenvalue weighted by Crippen LogP contribution is 2.19. The predicted octanol–water partition coefficient (Wildman–Crippen LogP) is 24.7. The van der Waals surface area contributed by atoms with Crippen LogP contribution in [0.15, 0.2) is 36.5 Å². The van der Waals surface area contributed by atoms with Crippen LogP contribution in [0.1, 0.15) is 400 Å². The molecule has 470 valence electrons. The lowest BCUT2D eigenvalue weighted by molar-refractivity contribution is -0.167. The molecule has 0 bridgehead atoms. The third-order valence-electron chi connectivity index (χ3n) is 16.4. The first-order valence-corrected chi connectivity index (χ1v) is 36.0. The molecule has 0 aliphatic rings. The van der Waals surface area contributed by atoms with Crippen molar-refractivity contribution in [1.29, 1.82) is 0 Å². The molecule has 0 amide bonds. The molecular formula is C74H138O6. The SMILES string of the molecule is CCCCCCC/C=C\C/C=C\C/C=C\CCCCCCCCCCCCCCCCC(=O)OCC(COC(=O)CCCCCCC)OC(=O)CCCCCCCCCCCCCCCCCCCCCCCCCCCCCC. The Morgan fingerprint density at radius 2 is 0.450 bits per heavy atom. The van der Waals surface area contributed by atoms with Crippen molar-refractivity contribution >= 4 is 17.9 Å². The quantitative estimate of drug-likeness (QED) is 0.0261. The van der Waals surface area contributed by atoms with Gasteiger partial charge >= 0.3 is 17.9 Å². The molecule has 1 unspecified atom stereocenters. The first-order chi connectivity index (χ1) is 39.5. The topological polar surface area (TPSA) is 78.9 Å². The molecule has 0 aliphatic heterocycles. The van der Waals surface area contributed by atoms with Crippen LogP contribution in [-0.2, 0) is 28.6 Å². The smallest absolute Gasteiger partial charge is 0.306 e. The van der Waals surface area contributed by atoms with E-state index in [4.69, 9.17) is 14.2 Å². The second-order valence-electron chi connectivity index (χ2n) is 24.5. The lowest BCUT2D eigenvalue weighted by atomic mass is 10.0. The van der Waals surface area contributed by atoms with Gasteiger partial charge in [0.05, 0.1) is 0 Å². The van der Waals surface area contributed by atoms with E-state index in [2.05, 4.69) is 57.2 Å². The van der Waals surface area contributed by atoms with Gasteiger partial charge in [0.2, 0.25) is 0 Å². The summed E-state index contributed by atoms with van der Waals surface area (Å²) in [5.74, 6) is -0.856. The van der Waals surface area contributed by atoms with Gasteiger partial charge in [0.15, 0.2) is 6.10 Å². The van der Waals surface area contributed by atoms with Crippen molar-refractivity contribution in [3.05, 3.63) is 36.5 Å². The minimum atomic E-state index is -0.766. The van der Waals surface area contributed by atoms with Gasteiger partial charge in [0.1, 0.15) is 13.2 Å². The molecule has 0 heterocycles. The maximum absolute atomic E-state index is 12.9. The lowest BCUT2D eigenvalue weighted by Gasteiger charge is -2.18. The Morgan fingerprint density at radius 3 is 0.700 bits per heavy atom. The maximum Gasteiger partial charge on any atom is 0.306 e. The number of esters is 3. The fraction of sp³-hybridized carbons (Fsp3) is 0.878. The Labute approximate surface area is 499 Å². The normalized spacial score (nSPS) is 12.2. The summed E-state index contributed by atoms with van der Waals surface area (Å²) in [7, 11) is 0. The van der Waals surface area contributed by atoms with Crippen LogP contribution in [0.3, 0.4) is 0 Å². The number of hydrogen-bond donors (Lipinski definition) is 0. The molecule has 0 rings (SSSR count). The van der Waals surface area contributed by atoms with Crippen LogP contribution >= 0.6 is 0 Å². The van der Waals surface area contributed by atoms with Crippen LogP contribution in [-0.4, -0.2) is 37.2 Å². The molecule has 0 aromatic heterocycles. The molecule has 80 heavy (non-hydrogen) atoms. The van der Waals surface area contributed by atoms with Crippen molar-refractivity contribution in [2.75, 3.05) is 13.2 Å². The van der Waals surface area contributed by atoms with Crippen molar-refractivity contribution in [3.63, 3.8) is 0 Å². The Hall–Kier alpha value is -2.37. The van der Waals surface area contributed by atoms with Gasteiger partial charge in [0.25, 0.3) is 0 Å². The molecule has 6 heteroatoms. The van der Waals surface area contributed by atoms with Gasteiger partial charge < -0.3 is 14.2 Å². The summed E-state index contributed by atoms with van der Waals surface area (Å²) in [5, 5.41) is 0. The predicted molar refractivity (Wildman–Crippen MR) is 349 cm³/mol.